The summed E-state index contributed by atoms with van der Waals surface area (Å²) in [7, 11) is -4.13. The van der Waals surface area contributed by atoms with Gasteiger partial charge in [0.15, 0.2) is 0 Å². The summed E-state index contributed by atoms with van der Waals surface area (Å²) >= 11 is 0. The lowest BCUT2D eigenvalue weighted by molar-refractivity contribution is 0.202. The molecule has 6 heteroatoms. The maximum Gasteiger partial charge on any atom is 0.0958 e. The Balaban J connectivity index is 3.81. The Hall–Kier alpha value is -0.170. The molecule has 0 aliphatic carbocycles. The molecule has 5 nitrogen and oxygen atoms in total. The van der Waals surface area contributed by atoms with E-state index in [0.717, 1.165) is 6.42 Å². The number of aliphatic hydroxyl groups is 1. The Morgan fingerprint density at radius 1 is 1.31 bits per heavy atom. The molecule has 0 aromatic rings. The lowest BCUT2D eigenvalue weighted by Crippen LogP contribution is -2.32. The summed E-state index contributed by atoms with van der Waals surface area (Å²) in [6.45, 7) is 3.27. The molecule has 0 atom stereocenters. The predicted octanol–water partition coefficient (Wildman–Crippen LogP) is -0.764. The molecule has 1 N–H and O–H groups in total. The maximum atomic E-state index is 10.3. The smallest absolute Gasteiger partial charge is 0.0958 e. The van der Waals surface area contributed by atoms with Crippen molar-refractivity contribution in [3.8, 4) is 0 Å². The van der Waals surface area contributed by atoms with Gasteiger partial charge in [0.2, 0.25) is 0 Å². The topological polar surface area (TPSA) is 80.7 Å². The second kappa shape index (κ2) is 6.31. The fourth-order valence-electron chi connectivity index (χ4n) is 1.03. The molecular formula is C7H16NO4S-. The second-order valence-electron chi connectivity index (χ2n) is 2.83. The second-order valence-corrected chi connectivity index (χ2v) is 4.35. The van der Waals surface area contributed by atoms with E-state index >= 15 is 0 Å². The van der Waals surface area contributed by atoms with Crippen molar-refractivity contribution in [1.29, 1.82) is 0 Å². The van der Waals surface area contributed by atoms with Gasteiger partial charge in [-0.1, -0.05) is 6.92 Å². The molecular weight excluding hydrogens is 194 g/mol. The van der Waals surface area contributed by atoms with Crippen molar-refractivity contribution in [2.24, 2.45) is 0 Å². The van der Waals surface area contributed by atoms with E-state index in [1.165, 1.54) is 0 Å². The van der Waals surface area contributed by atoms with Gasteiger partial charge < -0.3 is 14.6 Å². The molecule has 0 spiro atoms. The Morgan fingerprint density at radius 2 is 1.92 bits per heavy atom. The van der Waals surface area contributed by atoms with Gasteiger partial charge in [0.1, 0.15) is 0 Å². The molecule has 0 aromatic heterocycles. The molecule has 0 rings (SSSR count). The van der Waals surface area contributed by atoms with Gasteiger partial charge in [-0.25, -0.2) is 8.42 Å². The number of hydrogen-bond acceptors (Lipinski definition) is 5. The molecule has 0 radical (unpaired) electrons. The summed E-state index contributed by atoms with van der Waals surface area (Å²) in [6, 6.07) is 0. The van der Waals surface area contributed by atoms with Crippen molar-refractivity contribution >= 4 is 10.1 Å². The standard InChI is InChI=1S/C7H17NO4S/c1-2-3-8(4-6-9)5-7-13(10,11)12/h9H,2-7H2,1H3,(H,10,11,12)/p-1. The highest BCUT2D eigenvalue weighted by Gasteiger charge is 2.04. The minimum atomic E-state index is -4.13. The van der Waals surface area contributed by atoms with Crippen molar-refractivity contribution in [1.82, 2.24) is 4.90 Å². The van der Waals surface area contributed by atoms with E-state index < -0.39 is 10.1 Å². The largest absolute Gasteiger partial charge is 0.748 e. The zero-order valence-corrected chi connectivity index (χ0v) is 8.59. The fraction of sp³-hybridized carbons (Fsp3) is 1.00. The van der Waals surface area contributed by atoms with Crippen molar-refractivity contribution in [2.45, 2.75) is 13.3 Å². The number of hydrogen-bond donors (Lipinski definition) is 1. The van der Waals surface area contributed by atoms with Gasteiger partial charge in [0, 0.05) is 13.1 Å². The first-order valence-corrected chi connectivity index (χ1v) is 5.84. The van der Waals surface area contributed by atoms with Crippen LogP contribution in [0, 0.1) is 0 Å². The van der Waals surface area contributed by atoms with E-state index in [0.29, 0.717) is 13.1 Å². The van der Waals surface area contributed by atoms with E-state index in [2.05, 4.69) is 0 Å². The van der Waals surface area contributed by atoms with Crippen LogP contribution in [-0.2, 0) is 10.1 Å². The van der Waals surface area contributed by atoms with Crippen LogP contribution in [0.5, 0.6) is 0 Å². The zero-order valence-electron chi connectivity index (χ0n) is 7.77. The predicted molar refractivity (Wildman–Crippen MR) is 48.4 cm³/mol. The fourth-order valence-corrected chi connectivity index (χ4v) is 1.52. The van der Waals surface area contributed by atoms with Crippen LogP contribution in [0.1, 0.15) is 13.3 Å². The molecule has 0 unspecified atom stereocenters. The molecule has 0 saturated carbocycles. The molecule has 0 amide bonds. The molecule has 0 saturated heterocycles. The minimum Gasteiger partial charge on any atom is -0.748 e. The van der Waals surface area contributed by atoms with Crippen molar-refractivity contribution in [2.75, 3.05) is 32.0 Å². The van der Waals surface area contributed by atoms with Gasteiger partial charge in [-0.15, -0.1) is 0 Å². The van der Waals surface area contributed by atoms with Crippen LogP contribution in [0.3, 0.4) is 0 Å². The van der Waals surface area contributed by atoms with Crippen LogP contribution in [0.2, 0.25) is 0 Å². The molecule has 0 bridgehead atoms. The normalized spacial score (nSPS) is 12.3. The van der Waals surface area contributed by atoms with Crippen LogP contribution in [0.25, 0.3) is 0 Å². The van der Waals surface area contributed by atoms with E-state index in [1.807, 2.05) is 6.92 Å². The van der Waals surface area contributed by atoms with Gasteiger partial charge in [-0.05, 0) is 13.0 Å². The van der Waals surface area contributed by atoms with Gasteiger partial charge in [0.25, 0.3) is 0 Å². The molecule has 0 fully saturated rings. The Kier molecular flexibility index (Phi) is 6.23. The molecule has 0 aliphatic heterocycles. The third-order valence-corrected chi connectivity index (χ3v) is 2.30. The molecule has 0 aliphatic rings. The Bertz CT molecular complexity index is 209. The van der Waals surface area contributed by atoms with E-state index in [1.54, 1.807) is 4.90 Å². The minimum absolute atomic E-state index is 0.0150. The van der Waals surface area contributed by atoms with Crippen LogP contribution in [0.4, 0.5) is 0 Å². The Labute approximate surface area is 79.1 Å². The molecule has 0 heterocycles. The van der Waals surface area contributed by atoms with Crippen LogP contribution in [0.15, 0.2) is 0 Å². The Morgan fingerprint density at radius 3 is 2.31 bits per heavy atom. The molecule has 13 heavy (non-hydrogen) atoms. The average Bonchev–Trinajstić information content (AvgIpc) is 2.00. The third kappa shape index (κ3) is 8.17. The summed E-state index contributed by atoms with van der Waals surface area (Å²) in [6.07, 6.45) is 0.874. The summed E-state index contributed by atoms with van der Waals surface area (Å²) in [5.74, 6) is -0.382. The van der Waals surface area contributed by atoms with Crippen LogP contribution >= 0.6 is 0 Å². The first-order chi connectivity index (χ1) is 5.99. The number of aliphatic hydroxyl groups excluding tert-OH is 1. The summed E-state index contributed by atoms with van der Waals surface area (Å²) < 4.78 is 30.9. The lowest BCUT2D eigenvalue weighted by atomic mass is 10.4. The van der Waals surface area contributed by atoms with Crippen molar-refractivity contribution in [3.63, 3.8) is 0 Å². The number of rotatable bonds is 7. The monoisotopic (exact) mass is 210 g/mol. The van der Waals surface area contributed by atoms with Crippen molar-refractivity contribution < 1.29 is 18.1 Å². The van der Waals surface area contributed by atoms with E-state index in [9.17, 15) is 13.0 Å². The zero-order chi connectivity index (χ0) is 10.3. The average molecular weight is 210 g/mol. The maximum absolute atomic E-state index is 10.3. The summed E-state index contributed by atoms with van der Waals surface area (Å²) in [5, 5.41) is 8.62. The first-order valence-electron chi connectivity index (χ1n) is 4.26. The van der Waals surface area contributed by atoms with Crippen molar-refractivity contribution in [3.05, 3.63) is 0 Å². The van der Waals surface area contributed by atoms with Crippen LogP contribution < -0.4 is 0 Å². The van der Waals surface area contributed by atoms with Gasteiger partial charge in [0.05, 0.1) is 22.5 Å². The quantitative estimate of drug-likeness (QED) is 0.558. The SMILES string of the molecule is CCCN(CCO)CCS(=O)(=O)[O-]. The molecule has 80 valence electrons. The van der Waals surface area contributed by atoms with Gasteiger partial charge >= 0.3 is 0 Å². The number of nitrogens with zero attached hydrogens (tertiary/aromatic N) is 1. The highest BCUT2D eigenvalue weighted by atomic mass is 32.2. The summed E-state index contributed by atoms with van der Waals surface area (Å²) in [5.41, 5.74) is 0. The molecule has 0 aromatic carbocycles. The highest BCUT2D eigenvalue weighted by Crippen LogP contribution is 1.92. The van der Waals surface area contributed by atoms with E-state index in [-0.39, 0.29) is 18.9 Å². The third-order valence-electron chi connectivity index (χ3n) is 1.61. The van der Waals surface area contributed by atoms with E-state index in [4.69, 9.17) is 5.11 Å². The summed E-state index contributed by atoms with van der Waals surface area (Å²) in [4.78, 5) is 1.76. The highest BCUT2D eigenvalue weighted by molar-refractivity contribution is 7.85. The lowest BCUT2D eigenvalue weighted by Gasteiger charge is -2.20. The van der Waals surface area contributed by atoms with Gasteiger partial charge in [-0.3, -0.25) is 0 Å². The first kappa shape index (κ1) is 12.8. The van der Waals surface area contributed by atoms with Crippen LogP contribution in [-0.4, -0.2) is 55.0 Å². The van der Waals surface area contributed by atoms with Gasteiger partial charge in [-0.2, -0.15) is 0 Å².